The zero-order valence-corrected chi connectivity index (χ0v) is 20.0. The molecule has 34 heavy (non-hydrogen) atoms. The summed E-state index contributed by atoms with van der Waals surface area (Å²) in [6, 6.07) is 12.9. The van der Waals surface area contributed by atoms with Gasteiger partial charge >= 0.3 is 0 Å². The largest absolute Gasteiger partial charge is 0.483 e. The Morgan fingerprint density at radius 3 is 2.50 bits per heavy atom. The molecule has 9 heteroatoms. The number of rotatable bonds is 4. The van der Waals surface area contributed by atoms with Crippen LogP contribution in [0.4, 0.5) is 17.1 Å². The van der Waals surface area contributed by atoms with Gasteiger partial charge in [-0.1, -0.05) is 12.1 Å². The third-order valence-electron chi connectivity index (χ3n) is 6.21. The van der Waals surface area contributed by atoms with E-state index in [4.69, 9.17) is 14.6 Å². The molecule has 1 amide bonds. The van der Waals surface area contributed by atoms with E-state index in [-0.39, 0.29) is 11.9 Å². The Morgan fingerprint density at radius 1 is 1.24 bits per heavy atom. The van der Waals surface area contributed by atoms with Crippen LogP contribution in [-0.4, -0.2) is 55.6 Å². The van der Waals surface area contributed by atoms with Crippen LogP contribution >= 0.6 is 0 Å². The number of hydrazone groups is 1. The van der Waals surface area contributed by atoms with Gasteiger partial charge in [-0.3, -0.25) is 9.59 Å². The zero-order valence-electron chi connectivity index (χ0n) is 20.0. The highest BCUT2D eigenvalue weighted by Gasteiger charge is 2.36. The molecule has 1 unspecified atom stereocenters. The molecule has 2 aromatic carbocycles. The molecule has 180 valence electrons. The van der Waals surface area contributed by atoms with E-state index in [9.17, 15) is 4.79 Å². The summed E-state index contributed by atoms with van der Waals surface area (Å²) in [4.78, 5) is 25.3. The molecule has 1 atom stereocenters. The van der Waals surface area contributed by atoms with Crippen molar-refractivity contribution in [3.8, 4) is 16.9 Å². The van der Waals surface area contributed by atoms with Crippen LogP contribution in [0.1, 0.15) is 33.1 Å². The second kappa shape index (κ2) is 9.62. The minimum Gasteiger partial charge on any atom is -0.483 e. The minimum atomic E-state index is -0.833. The van der Waals surface area contributed by atoms with Crippen LogP contribution in [0.25, 0.3) is 11.1 Å². The summed E-state index contributed by atoms with van der Waals surface area (Å²) >= 11 is 0. The Morgan fingerprint density at radius 2 is 1.91 bits per heavy atom. The van der Waals surface area contributed by atoms with E-state index < -0.39 is 5.97 Å². The number of hydrogen-bond donors (Lipinski definition) is 3. The average Bonchev–Trinajstić information content (AvgIpc) is 2.77. The van der Waals surface area contributed by atoms with Crippen molar-refractivity contribution in [2.75, 3.05) is 35.8 Å². The van der Waals surface area contributed by atoms with Crippen LogP contribution in [0, 0.1) is 0 Å². The number of carboxylic acid groups (broad SMARTS) is 1. The van der Waals surface area contributed by atoms with E-state index in [0.717, 1.165) is 46.7 Å². The number of amides is 1. The fourth-order valence-corrected chi connectivity index (χ4v) is 4.14. The van der Waals surface area contributed by atoms with Crippen molar-refractivity contribution < 1.29 is 19.4 Å². The van der Waals surface area contributed by atoms with Crippen molar-refractivity contribution in [1.29, 1.82) is 0 Å². The fraction of sp³-hybridized carbons (Fsp3) is 0.400. The number of carbonyl (C=O) groups is 2. The van der Waals surface area contributed by atoms with E-state index in [1.54, 1.807) is 0 Å². The zero-order chi connectivity index (χ0) is 24.4. The number of hydrogen-bond acceptors (Lipinski definition) is 7. The van der Waals surface area contributed by atoms with Gasteiger partial charge < -0.3 is 25.0 Å². The van der Waals surface area contributed by atoms with Crippen molar-refractivity contribution in [3.63, 3.8) is 0 Å². The molecule has 1 fully saturated rings. The first-order valence-electron chi connectivity index (χ1n) is 11.4. The molecule has 0 aromatic heterocycles. The quantitative estimate of drug-likeness (QED) is 0.634. The number of fused-ring (bicyclic) bond motifs is 3. The van der Waals surface area contributed by atoms with Crippen LogP contribution in [0.5, 0.6) is 5.75 Å². The van der Waals surface area contributed by atoms with E-state index in [0.29, 0.717) is 12.6 Å². The summed E-state index contributed by atoms with van der Waals surface area (Å²) in [7, 11) is 4.08. The van der Waals surface area contributed by atoms with Gasteiger partial charge in [0.15, 0.2) is 5.84 Å². The SMILES string of the molecule is CC(=O)O.CC1C(=O)NN=C2COc3cc(-c4ccc(N(C)C)cc4)c(NC4CCC4)cc3N21. The van der Waals surface area contributed by atoms with Crippen LogP contribution in [-0.2, 0) is 9.59 Å². The smallest absolute Gasteiger partial charge is 0.300 e. The number of ether oxygens (including phenoxy) is 1. The van der Waals surface area contributed by atoms with E-state index >= 15 is 0 Å². The molecule has 2 aliphatic heterocycles. The number of nitrogens with one attached hydrogen (secondary N) is 2. The number of amidine groups is 1. The van der Waals surface area contributed by atoms with Gasteiger partial charge in [-0.25, -0.2) is 5.43 Å². The topological polar surface area (TPSA) is 106 Å². The highest BCUT2D eigenvalue weighted by Crippen LogP contribution is 2.43. The maximum Gasteiger partial charge on any atom is 0.300 e. The van der Waals surface area contributed by atoms with E-state index in [2.05, 4.69) is 57.1 Å². The summed E-state index contributed by atoms with van der Waals surface area (Å²) in [6.07, 6.45) is 3.63. The monoisotopic (exact) mass is 465 g/mol. The molecule has 0 saturated heterocycles. The van der Waals surface area contributed by atoms with Crippen LogP contribution in [0.2, 0.25) is 0 Å². The van der Waals surface area contributed by atoms with Crippen molar-refractivity contribution in [3.05, 3.63) is 36.4 Å². The maximum atomic E-state index is 12.2. The normalized spacial score (nSPS) is 18.6. The van der Waals surface area contributed by atoms with Crippen molar-refractivity contribution in [2.45, 2.75) is 45.2 Å². The number of benzene rings is 2. The number of aliphatic carboxylic acids is 1. The minimum absolute atomic E-state index is 0.108. The first-order valence-corrected chi connectivity index (χ1v) is 11.4. The van der Waals surface area contributed by atoms with Gasteiger partial charge in [0.1, 0.15) is 18.4 Å². The standard InChI is InChI=1S/C23H27N5O2.C2H4O2/c1-14-23(29)26-25-22-13-30-21-11-18(15-7-9-17(10-8-15)27(2)3)19(12-20(21)28(14)22)24-16-5-4-6-16;1-2(3)4/h7-12,14,16,24H,4-6,13H2,1-3H3,(H,26,29);1H3,(H,3,4). The molecule has 5 rings (SSSR count). The lowest BCUT2D eigenvalue weighted by molar-refractivity contribution is -0.134. The molecule has 9 nitrogen and oxygen atoms in total. The second-order valence-electron chi connectivity index (χ2n) is 8.94. The number of anilines is 3. The molecule has 0 spiro atoms. The summed E-state index contributed by atoms with van der Waals surface area (Å²) in [5, 5.41) is 15.3. The Bertz CT molecular complexity index is 1110. The molecule has 2 aromatic rings. The molecular weight excluding hydrogens is 434 g/mol. The molecule has 3 N–H and O–H groups in total. The second-order valence-corrected chi connectivity index (χ2v) is 8.94. The fourth-order valence-electron chi connectivity index (χ4n) is 4.14. The summed E-state index contributed by atoms with van der Waals surface area (Å²) in [5.74, 6) is 0.567. The first-order chi connectivity index (χ1) is 16.2. The number of carboxylic acids is 1. The van der Waals surface area contributed by atoms with Gasteiger partial charge in [-0.2, -0.15) is 5.10 Å². The molecule has 1 aliphatic carbocycles. The lowest BCUT2D eigenvalue weighted by Crippen LogP contribution is -2.55. The molecule has 1 saturated carbocycles. The Labute approximate surface area is 199 Å². The van der Waals surface area contributed by atoms with Crippen molar-refractivity contribution in [1.82, 2.24) is 5.43 Å². The molecule has 3 aliphatic rings. The predicted octanol–water partition coefficient (Wildman–Crippen LogP) is 3.51. The maximum absolute atomic E-state index is 12.2. The Kier molecular flexibility index (Phi) is 6.63. The van der Waals surface area contributed by atoms with Crippen LogP contribution in [0.15, 0.2) is 41.5 Å². The Balaban J connectivity index is 0.000000636. The van der Waals surface area contributed by atoms with Crippen molar-refractivity contribution in [2.24, 2.45) is 5.10 Å². The molecular formula is C25H31N5O4. The molecule has 2 heterocycles. The van der Waals surface area contributed by atoms with Crippen LogP contribution < -0.4 is 25.3 Å². The summed E-state index contributed by atoms with van der Waals surface area (Å²) in [6.45, 7) is 3.32. The van der Waals surface area contributed by atoms with Gasteiger partial charge in [-0.05, 0) is 56.0 Å². The van der Waals surface area contributed by atoms with Gasteiger partial charge in [0.25, 0.3) is 11.9 Å². The highest BCUT2D eigenvalue weighted by molar-refractivity contribution is 6.10. The lowest BCUT2D eigenvalue weighted by Gasteiger charge is -2.39. The van der Waals surface area contributed by atoms with Gasteiger partial charge in [0.2, 0.25) is 0 Å². The summed E-state index contributed by atoms with van der Waals surface area (Å²) < 4.78 is 6.04. The van der Waals surface area contributed by atoms with E-state index in [1.807, 2.05) is 25.9 Å². The third-order valence-corrected chi connectivity index (χ3v) is 6.21. The Hall–Kier alpha value is -3.75. The van der Waals surface area contributed by atoms with Gasteiger partial charge in [0.05, 0.1) is 5.69 Å². The first kappa shape index (κ1) is 23.4. The highest BCUT2D eigenvalue weighted by atomic mass is 16.5. The molecule has 0 bridgehead atoms. The molecule has 0 radical (unpaired) electrons. The average molecular weight is 466 g/mol. The van der Waals surface area contributed by atoms with Crippen LogP contribution in [0.3, 0.4) is 0 Å². The number of carbonyl (C=O) groups excluding carboxylic acids is 1. The number of nitrogens with zero attached hydrogens (tertiary/aromatic N) is 3. The van der Waals surface area contributed by atoms with Gasteiger partial charge in [0, 0.05) is 44.0 Å². The summed E-state index contributed by atoms with van der Waals surface area (Å²) in [5.41, 5.74) is 7.95. The predicted molar refractivity (Wildman–Crippen MR) is 134 cm³/mol. The lowest BCUT2D eigenvalue weighted by atomic mass is 9.91. The van der Waals surface area contributed by atoms with Crippen molar-refractivity contribution >= 4 is 34.8 Å². The van der Waals surface area contributed by atoms with Gasteiger partial charge in [-0.15, -0.1) is 0 Å². The third kappa shape index (κ3) is 4.78. The van der Waals surface area contributed by atoms with E-state index in [1.165, 1.54) is 19.3 Å².